The Bertz CT molecular complexity index is 1150. The summed E-state index contributed by atoms with van der Waals surface area (Å²) < 4.78 is 7.62. The summed E-state index contributed by atoms with van der Waals surface area (Å²) in [5.74, 6) is 1.62. The second kappa shape index (κ2) is 9.47. The number of amides is 1. The standard InChI is InChI=1S/C26H27N3O2/c1-19(27-25(30)17-21-11-7-4-8-12-21)26-28-23-14-13-22(31-2)18-24(23)29(26)16-15-20-9-5-3-6-10-20/h3-14,18-19H,15-17H2,1-2H3,(H,27,30). The Labute approximate surface area is 182 Å². The van der Waals surface area contributed by atoms with Crippen LogP contribution in [0.15, 0.2) is 78.9 Å². The van der Waals surface area contributed by atoms with Gasteiger partial charge in [-0.15, -0.1) is 0 Å². The first-order chi connectivity index (χ1) is 15.1. The van der Waals surface area contributed by atoms with E-state index in [1.807, 2.05) is 61.5 Å². The van der Waals surface area contributed by atoms with E-state index in [-0.39, 0.29) is 11.9 Å². The van der Waals surface area contributed by atoms with Gasteiger partial charge in [-0.05, 0) is 36.6 Å². The van der Waals surface area contributed by atoms with Gasteiger partial charge in [0.1, 0.15) is 11.6 Å². The molecule has 4 rings (SSSR count). The van der Waals surface area contributed by atoms with Crippen LogP contribution in [0.2, 0.25) is 0 Å². The molecule has 158 valence electrons. The zero-order valence-electron chi connectivity index (χ0n) is 17.9. The average Bonchev–Trinajstić information content (AvgIpc) is 3.16. The number of nitrogens with zero attached hydrogens (tertiary/aromatic N) is 2. The van der Waals surface area contributed by atoms with Gasteiger partial charge >= 0.3 is 0 Å². The highest BCUT2D eigenvalue weighted by molar-refractivity contribution is 5.80. The lowest BCUT2D eigenvalue weighted by Gasteiger charge is -2.17. The van der Waals surface area contributed by atoms with Crippen molar-refractivity contribution in [3.05, 3.63) is 95.8 Å². The van der Waals surface area contributed by atoms with Crippen molar-refractivity contribution in [3.63, 3.8) is 0 Å². The molecule has 0 bridgehead atoms. The van der Waals surface area contributed by atoms with Gasteiger partial charge in [0.05, 0.1) is 30.6 Å². The van der Waals surface area contributed by atoms with Crippen LogP contribution in [0.25, 0.3) is 11.0 Å². The van der Waals surface area contributed by atoms with Gasteiger partial charge in [-0.3, -0.25) is 4.79 Å². The van der Waals surface area contributed by atoms with Crippen molar-refractivity contribution in [2.24, 2.45) is 0 Å². The van der Waals surface area contributed by atoms with Crippen LogP contribution in [-0.4, -0.2) is 22.6 Å². The predicted octanol–water partition coefficient (Wildman–Crippen LogP) is 4.71. The number of benzene rings is 3. The minimum atomic E-state index is -0.217. The summed E-state index contributed by atoms with van der Waals surface area (Å²) in [5, 5.41) is 3.12. The SMILES string of the molecule is COc1ccc2nc(C(C)NC(=O)Cc3ccccc3)n(CCc3ccccc3)c2c1. The Balaban J connectivity index is 1.59. The number of fused-ring (bicyclic) bond motifs is 1. The van der Waals surface area contributed by atoms with Gasteiger partial charge in [0, 0.05) is 12.6 Å². The molecule has 0 saturated carbocycles. The Hall–Kier alpha value is -3.60. The predicted molar refractivity (Wildman–Crippen MR) is 123 cm³/mol. The van der Waals surface area contributed by atoms with Crippen LogP contribution in [0.4, 0.5) is 0 Å². The van der Waals surface area contributed by atoms with Crippen LogP contribution >= 0.6 is 0 Å². The third-order valence-corrected chi connectivity index (χ3v) is 5.42. The second-order valence-electron chi connectivity index (χ2n) is 7.66. The second-order valence-corrected chi connectivity index (χ2v) is 7.66. The van der Waals surface area contributed by atoms with Crippen LogP contribution in [0, 0.1) is 0 Å². The monoisotopic (exact) mass is 413 g/mol. The minimum absolute atomic E-state index is 0.0158. The van der Waals surface area contributed by atoms with E-state index in [9.17, 15) is 4.79 Å². The fourth-order valence-electron chi connectivity index (χ4n) is 3.84. The maximum absolute atomic E-state index is 12.6. The number of aryl methyl sites for hydroxylation is 2. The van der Waals surface area contributed by atoms with Crippen molar-refractivity contribution in [3.8, 4) is 5.75 Å². The first-order valence-electron chi connectivity index (χ1n) is 10.6. The van der Waals surface area contributed by atoms with E-state index in [2.05, 4.69) is 34.1 Å². The van der Waals surface area contributed by atoms with Crippen LogP contribution in [-0.2, 0) is 24.2 Å². The van der Waals surface area contributed by atoms with E-state index in [4.69, 9.17) is 9.72 Å². The number of nitrogens with one attached hydrogen (secondary N) is 1. The number of hydrogen-bond donors (Lipinski definition) is 1. The zero-order valence-corrected chi connectivity index (χ0v) is 17.9. The number of carbonyl (C=O) groups excluding carboxylic acids is 1. The van der Waals surface area contributed by atoms with E-state index < -0.39 is 0 Å². The third kappa shape index (κ3) is 4.94. The molecule has 4 aromatic rings. The van der Waals surface area contributed by atoms with Gasteiger partial charge in [0.15, 0.2) is 0 Å². The first-order valence-corrected chi connectivity index (χ1v) is 10.6. The van der Waals surface area contributed by atoms with E-state index in [1.54, 1.807) is 7.11 Å². The Morgan fingerprint density at radius 1 is 1.00 bits per heavy atom. The molecular weight excluding hydrogens is 386 g/mol. The van der Waals surface area contributed by atoms with Gasteiger partial charge in [0.25, 0.3) is 0 Å². The summed E-state index contributed by atoms with van der Waals surface area (Å²) in [5.41, 5.74) is 4.16. The zero-order chi connectivity index (χ0) is 21.6. The van der Waals surface area contributed by atoms with Crippen LogP contribution in [0.5, 0.6) is 5.75 Å². The molecule has 31 heavy (non-hydrogen) atoms. The van der Waals surface area contributed by atoms with Crippen LogP contribution < -0.4 is 10.1 Å². The lowest BCUT2D eigenvalue weighted by Crippen LogP contribution is -2.30. The maximum Gasteiger partial charge on any atom is 0.224 e. The molecule has 5 heteroatoms. The van der Waals surface area contributed by atoms with Gasteiger partial charge < -0.3 is 14.6 Å². The summed E-state index contributed by atoms with van der Waals surface area (Å²) in [6, 6.07) is 25.8. The van der Waals surface area contributed by atoms with Crippen molar-refractivity contribution in [2.75, 3.05) is 7.11 Å². The lowest BCUT2D eigenvalue weighted by atomic mass is 10.1. The molecule has 0 fully saturated rings. The molecule has 0 aliphatic heterocycles. The summed E-state index contributed by atoms with van der Waals surface area (Å²) in [6.07, 6.45) is 1.23. The summed E-state index contributed by atoms with van der Waals surface area (Å²) >= 11 is 0. The Kier molecular flexibility index (Phi) is 6.32. The van der Waals surface area contributed by atoms with Gasteiger partial charge in [-0.2, -0.15) is 0 Å². The van der Waals surface area contributed by atoms with Crippen LogP contribution in [0.3, 0.4) is 0 Å². The highest BCUT2D eigenvalue weighted by atomic mass is 16.5. The van der Waals surface area contributed by atoms with E-state index in [0.29, 0.717) is 6.42 Å². The molecule has 1 atom stereocenters. The number of ether oxygens (including phenoxy) is 1. The van der Waals surface area contributed by atoms with Crippen molar-refractivity contribution in [1.29, 1.82) is 0 Å². The summed E-state index contributed by atoms with van der Waals surface area (Å²) in [4.78, 5) is 17.5. The highest BCUT2D eigenvalue weighted by Crippen LogP contribution is 2.25. The molecule has 1 N–H and O–H groups in total. The van der Waals surface area contributed by atoms with Crippen molar-refractivity contribution >= 4 is 16.9 Å². The molecule has 0 aliphatic carbocycles. The largest absolute Gasteiger partial charge is 0.497 e. The van der Waals surface area contributed by atoms with Crippen LogP contribution in [0.1, 0.15) is 29.9 Å². The van der Waals surface area contributed by atoms with E-state index in [1.165, 1.54) is 5.56 Å². The van der Waals surface area contributed by atoms with Gasteiger partial charge in [0.2, 0.25) is 5.91 Å². The summed E-state index contributed by atoms with van der Waals surface area (Å²) in [7, 11) is 1.67. The molecule has 1 aromatic heterocycles. The Morgan fingerprint density at radius 2 is 1.68 bits per heavy atom. The smallest absolute Gasteiger partial charge is 0.224 e. The van der Waals surface area contributed by atoms with Crippen molar-refractivity contribution in [1.82, 2.24) is 14.9 Å². The van der Waals surface area contributed by atoms with Crippen molar-refractivity contribution < 1.29 is 9.53 Å². The number of imidazole rings is 1. The molecule has 0 saturated heterocycles. The fraction of sp³-hybridized carbons (Fsp3) is 0.231. The molecule has 0 aliphatic rings. The molecule has 0 radical (unpaired) electrons. The normalized spacial score (nSPS) is 11.9. The molecule has 1 unspecified atom stereocenters. The number of methoxy groups -OCH3 is 1. The third-order valence-electron chi connectivity index (χ3n) is 5.42. The Morgan fingerprint density at radius 3 is 2.35 bits per heavy atom. The maximum atomic E-state index is 12.6. The highest BCUT2D eigenvalue weighted by Gasteiger charge is 2.19. The number of aromatic nitrogens is 2. The quantitative estimate of drug-likeness (QED) is 0.455. The minimum Gasteiger partial charge on any atom is -0.497 e. The van der Waals surface area contributed by atoms with E-state index >= 15 is 0 Å². The fourth-order valence-corrected chi connectivity index (χ4v) is 3.84. The van der Waals surface area contributed by atoms with Gasteiger partial charge in [-0.1, -0.05) is 60.7 Å². The molecule has 0 spiro atoms. The molecule has 3 aromatic carbocycles. The molecule has 1 amide bonds. The number of carbonyl (C=O) groups is 1. The molecule has 5 nitrogen and oxygen atoms in total. The molecule has 1 heterocycles. The summed E-state index contributed by atoms with van der Waals surface area (Å²) in [6.45, 7) is 2.75. The number of hydrogen-bond acceptors (Lipinski definition) is 3. The average molecular weight is 414 g/mol. The molecular formula is C26H27N3O2. The van der Waals surface area contributed by atoms with Crippen molar-refractivity contribution in [2.45, 2.75) is 32.4 Å². The topological polar surface area (TPSA) is 56.1 Å². The first kappa shape index (κ1) is 20.7. The number of rotatable bonds is 8. The lowest BCUT2D eigenvalue weighted by molar-refractivity contribution is -0.121. The van der Waals surface area contributed by atoms with Gasteiger partial charge in [-0.25, -0.2) is 4.98 Å². The van der Waals surface area contributed by atoms with E-state index in [0.717, 1.165) is 41.1 Å².